The van der Waals surface area contributed by atoms with E-state index in [1.165, 1.54) is 32.2 Å². The first-order valence-corrected chi connectivity index (χ1v) is 8.22. The van der Waals surface area contributed by atoms with E-state index in [9.17, 15) is 4.39 Å². The summed E-state index contributed by atoms with van der Waals surface area (Å²) < 4.78 is 14.3. The molecule has 3 rings (SSSR count). The molecule has 0 amide bonds. The molecule has 3 nitrogen and oxygen atoms in total. The number of likely N-dealkylation sites (tertiary alicyclic amines) is 1. The second-order valence-electron chi connectivity index (χ2n) is 6.44. The third-order valence-electron chi connectivity index (χ3n) is 4.72. The first-order chi connectivity index (χ1) is 10.2. The molecule has 2 fully saturated rings. The fourth-order valence-corrected chi connectivity index (χ4v) is 3.43. The molecule has 116 valence electrons. The molecule has 2 saturated heterocycles. The summed E-state index contributed by atoms with van der Waals surface area (Å²) in [5.74, 6) is -0.0901. The molecule has 1 unspecified atom stereocenters. The van der Waals surface area contributed by atoms with Crippen molar-refractivity contribution in [3.8, 4) is 0 Å². The van der Waals surface area contributed by atoms with E-state index in [4.69, 9.17) is 0 Å². The molecule has 0 aliphatic carbocycles. The van der Waals surface area contributed by atoms with Crippen molar-refractivity contribution < 1.29 is 4.39 Å². The molecular weight excluding hydrogens is 265 g/mol. The van der Waals surface area contributed by atoms with Crippen molar-refractivity contribution in [2.45, 2.75) is 38.1 Å². The second-order valence-corrected chi connectivity index (χ2v) is 6.44. The lowest BCUT2D eigenvalue weighted by molar-refractivity contribution is 0.348. The Bertz CT molecular complexity index is 471. The largest absolute Gasteiger partial charge is 0.382 e. The zero-order valence-electron chi connectivity index (χ0n) is 12.9. The third-order valence-corrected chi connectivity index (χ3v) is 4.72. The zero-order chi connectivity index (χ0) is 14.7. The number of nitrogens with zero attached hydrogens (tertiary/aromatic N) is 2. The number of halogens is 1. The Morgan fingerprint density at radius 2 is 1.86 bits per heavy atom. The zero-order valence-corrected chi connectivity index (χ0v) is 12.9. The molecule has 0 aromatic heterocycles. The standard InChI is InChI=1S/C17H26FN3/c1-20-9-4-5-14(8-12-20)19-15-6-7-17(16(18)13-15)21-10-2-3-11-21/h6-7,13-14,19H,2-5,8-12H2,1H3. The molecule has 2 heterocycles. The van der Waals surface area contributed by atoms with Crippen LogP contribution in [0.25, 0.3) is 0 Å². The minimum Gasteiger partial charge on any atom is -0.382 e. The van der Waals surface area contributed by atoms with Gasteiger partial charge in [0, 0.05) is 24.8 Å². The van der Waals surface area contributed by atoms with Gasteiger partial charge in [-0.15, -0.1) is 0 Å². The molecule has 4 heteroatoms. The van der Waals surface area contributed by atoms with Crippen LogP contribution in [0, 0.1) is 5.82 Å². The summed E-state index contributed by atoms with van der Waals surface area (Å²) in [5, 5.41) is 3.51. The van der Waals surface area contributed by atoms with Crippen molar-refractivity contribution in [1.29, 1.82) is 0 Å². The van der Waals surface area contributed by atoms with Crippen LogP contribution in [0.5, 0.6) is 0 Å². The van der Waals surface area contributed by atoms with E-state index in [1.807, 2.05) is 12.1 Å². The van der Waals surface area contributed by atoms with Crippen molar-refractivity contribution in [2.24, 2.45) is 0 Å². The molecular formula is C17H26FN3. The Labute approximate surface area is 127 Å². The van der Waals surface area contributed by atoms with Gasteiger partial charge in [-0.25, -0.2) is 4.39 Å². The molecule has 21 heavy (non-hydrogen) atoms. The van der Waals surface area contributed by atoms with Crippen LogP contribution in [-0.4, -0.2) is 44.2 Å². The lowest BCUT2D eigenvalue weighted by Crippen LogP contribution is -2.23. The van der Waals surface area contributed by atoms with E-state index in [-0.39, 0.29) is 5.82 Å². The second kappa shape index (κ2) is 6.65. The Morgan fingerprint density at radius 3 is 2.62 bits per heavy atom. The summed E-state index contributed by atoms with van der Waals surface area (Å²) in [6, 6.07) is 6.10. The van der Waals surface area contributed by atoms with Crippen molar-refractivity contribution in [3.63, 3.8) is 0 Å². The van der Waals surface area contributed by atoms with Gasteiger partial charge in [0.2, 0.25) is 0 Å². The Kier molecular flexibility index (Phi) is 4.63. The van der Waals surface area contributed by atoms with Crippen LogP contribution in [0.3, 0.4) is 0 Å². The lowest BCUT2D eigenvalue weighted by atomic mass is 10.1. The lowest BCUT2D eigenvalue weighted by Gasteiger charge is -2.21. The predicted molar refractivity (Wildman–Crippen MR) is 86.6 cm³/mol. The molecule has 0 saturated carbocycles. The van der Waals surface area contributed by atoms with Crippen LogP contribution >= 0.6 is 0 Å². The first-order valence-electron chi connectivity index (χ1n) is 8.22. The predicted octanol–water partition coefficient (Wildman–Crippen LogP) is 3.32. The van der Waals surface area contributed by atoms with Crippen LogP contribution in [0.2, 0.25) is 0 Å². The molecule has 2 aliphatic rings. The van der Waals surface area contributed by atoms with Crippen LogP contribution in [0.15, 0.2) is 18.2 Å². The summed E-state index contributed by atoms with van der Waals surface area (Å²) in [4.78, 5) is 4.53. The highest BCUT2D eigenvalue weighted by atomic mass is 19.1. The summed E-state index contributed by atoms with van der Waals surface area (Å²) in [5.41, 5.74) is 1.68. The van der Waals surface area contributed by atoms with Gasteiger partial charge in [-0.05, 0) is 70.4 Å². The number of benzene rings is 1. The average Bonchev–Trinajstić information content (AvgIpc) is 2.91. The smallest absolute Gasteiger partial charge is 0.148 e. The Morgan fingerprint density at radius 1 is 1.05 bits per heavy atom. The first kappa shape index (κ1) is 14.6. The van der Waals surface area contributed by atoms with E-state index < -0.39 is 0 Å². The maximum atomic E-state index is 14.3. The maximum absolute atomic E-state index is 14.3. The molecule has 0 spiro atoms. The highest BCUT2D eigenvalue weighted by Crippen LogP contribution is 2.27. The van der Waals surface area contributed by atoms with Gasteiger partial charge < -0.3 is 15.1 Å². The topological polar surface area (TPSA) is 18.5 Å². The van der Waals surface area contributed by atoms with Crippen molar-refractivity contribution in [2.75, 3.05) is 43.4 Å². The monoisotopic (exact) mass is 291 g/mol. The van der Waals surface area contributed by atoms with Gasteiger partial charge in [0.1, 0.15) is 5.82 Å². The normalized spacial score (nSPS) is 24.1. The molecule has 2 aliphatic heterocycles. The van der Waals surface area contributed by atoms with Gasteiger partial charge in [-0.1, -0.05) is 0 Å². The Balaban J connectivity index is 1.64. The Hall–Kier alpha value is -1.29. The maximum Gasteiger partial charge on any atom is 0.148 e. The summed E-state index contributed by atoms with van der Waals surface area (Å²) in [6.45, 7) is 4.25. The van der Waals surface area contributed by atoms with Crippen molar-refractivity contribution in [3.05, 3.63) is 24.0 Å². The number of rotatable bonds is 3. The molecule has 1 atom stereocenters. The minimum atomic E-state index is -0.0901. The van der Waals surface area contributed by atoms with Gasteiger partial charge in [0.25, 0.3) is 0 Å². The van der Waals surface area contributed by atoms with Gasteiger partial charge >= 0.3 is 0 Å². The molecule has 0 radical (unpaired) electrons. The quantitative estimate of drug-likeness (QED) is 0.921. The van der Waals surface area contributed by atoms with Gasteiger partial charge in [-0.2, -0.15) is 0 Å². The van der Waals surface area contributed by atoms with E-state index in [1.54, 1.807) is 6.07 Å². The average molecular weight is 291 g/mol. The van der Waals surface area contributed by atoms with Gasteiger partial charge in [-0.3, -0.25) is 0 Å². The van der Waals surface area contributed by atoms with Crippen LogP contribution < -0.4 is 10.2 Å². The summed E-state index contributed by atoms with van der Waals surface area (Å²) in [7, 11) is 2.17. The SMILES string of the molecule is CN1CCCC(Nc2ccc(N3CCCC3)c(F)c2)CC1. The fourth-order valence-electron chi connectivity index (χ4n) is 3.43. The van der Waals surface area contributed by atoms with Crippen LogP contribution in [0.4, 0.5) is 15.8 Å². The fraction of sp³-hybridized carbons (Fsp3) is 0.647. The summed E-state index contributed by atoms with van der Waals surface area (Å²) >= 11 is 0. The highest BCUT2D eigenvalue weighted by Gasteiger charge is 2.18. The third kappa shape index (κ3) is 3.67. The number of hydrogen-bond acceptors (Lipinski definition) is 3. The number of nitrogens with one attached hydrogen (secondary N) is 1. The molecule has 1 N–H and O–H groups in total. The van der Waals surface area contributed by atoms with E-state index >= 15 is 0 Å². The number of hydrogen-bond donors (Lipinski definition) is 1. The van der Waals surface area contributed by atoms with Gasteiger partial charge in [0.15, 0.2) is 0 Å². The number of anilines is 2. The van der Waals surface area contributed by atoms with Crippen molar-refractivity contribution >= 4 is 11.4 Å². The summed E-state index contributed by atoms with van der Waals surface area (Å²) in [6.07, 6.45) is 5.86. The molecule has 1 aromatic carbocycles. The molecule has 1 aromatic rings. The van der Waals surface area contributed by atoms with Crippen LogP contribution in [-0.2, 0) is 0 Å². The van der Waals surface area contributed by atoms with Crippen molar-refractivity contribution in [1.82, 2.24) is 4.90 Å². The van der Waals surface area contributed by atoms with E-state index in [2.05, 4.69) is 22.2 Å². The van der Waals surface area contributed by atoms with E-state index in [0.717, 1.165) is 37.4 Å². The van der Waals surface area contributed by atoms with Gasteiger partial charge in [0.05, 0.1) is 5.69 Å². The van der Waals surface area contributed by atoms with Crippen LogP contribution in [0.1, 0.15) is 32.1 Å². The molecule has 0 bridgehead atoms. The minimum absolute atomic E-state index is 0.0901. The highest BCUT2D eigenvalue weighted by molar-refractivity contribution is 5.57. The van der Waals surface area contributed by atoms with E-state index in [0.29, 0.717) is 6.04 Å².